The van der Waals surface area contributed by atoms with E-state index in [4.69, 9.17) is 14.2 Å². The van der Waals surface area contributed by atoms with Gasteiger partial charge in [0.15, 0.2) is 17.6 Å². The third-order valence-corrected chi connectivity index (χ3v) is 2.87. The summed E-state index contributed by atoms with van der Waals surface area (Å²) >= 11 is 0. The summed E-state index contributed by atoms with van der Waals surface area (Å²) < 4.78 is 43.5. The van der Waals surface area contributed by atoms with E-state index in [1.165, 1.54) is 33.3 Å². The summed E-state index contributed by atoms with van der Waals surface area (Å²) in [5, 5.41) is 2.52. The molecule has 1 aromatic carbocycles. The number of benzene rings is 1. The second kappa shape index (κ2) is 9.66. The Bertz CT molecular complexity index is 567. The zero-order valence-corrected chi connectivity index (χ0v) is 13.5. The van der Waals surface area contributed by atoms with Gasteiger partial charge in [-0.1, -0.05) is 0 Å². The predicted molar refractivity (Wildman–Crippen MR) is 79.4 cm³/mol. The van der Waals surface area contributed by atoms with Crippen LogP contribution in [0.15, 0.2) is 18.2 Å². The molecule has 0 spiro atoms. The maximum Gasteiger partial charge on any atom is 0.387 e. The molecular formula is C15H19F2NO6. The molecule has 1 amide bonds. The largest absolute Gasteiger partial charge is 0.493 e. The van der Waals surface area contributed by atoms with E-state index >= 15 is 0 Å². The molecule has 0 fully saturated rings. The van der Waals surface area contributed by atoms with Gasteiger partial charge < -0.3 is 24.3 Å². The minimum absolute atomic E-state index is 0.0324. The second-order valence-electron chi connectivity index (χ2n) is 4.58. The average molecular weight is 347 g/mol. The maximum atomic E-state index is 12.3. The smallest absolute Gasteiger partial charge is 0.387 e. The summed E-state index contributed by atoms with van der Waals surface area (Å²) in [5.41, 5.74) is 0.0324. The maximum absolute atomic E-state index is 12.3. The molecule has 0 radical (unpaired) electrons. The number of hydrogen-bond donors (Lipinski definition) is 1. The van der Waals surface area contributed by atoms with E-state index in [0.717, 1.165) is 6.07 Å². The summed E-state index contributed by atoms with van der Waals surface area (Å²) in [6, 6.07) is 3.58. The molecule has 0 unspecified atom stereocenters. The zero-order valence-electron chi connectivity index (χ0n) is 13.5. The normalized spacial score (nSPS) is 11.8. The number of halogens is 2. The molecule has 1 rings (SSSR count). The summed E-state index contributed by atoms with van der Waals surface area (Å²) in [7, 11) is 2.74. The van der Waals surface area contributed by atoms with Gasteiger partial charge in [-0.25, -0.2) is 4.79 Å². The van der Waals surface area contributed by atoms with Gasteiger partial charge in [0.05, 0.1) is 19.3 Å². The molecule has 0 aliphatic carbocycles. The molecule has 24 heavy (non-hydrogen) atoms. The fourth-order valence-electron chi connectivity index (χ4n) is 1.69. The average Bonchev–Trinajstić information content (AvgIpc) is 2.54. The van der Waals surface area contributed by atoms with E-state index in [1.54, 1.807) is 0 Å². The molecule has 1 atom stereocenters. The van der Waals surface area contributed by atoms with Crippen molar-refractivity contribution in [1.29, 1.82) is 0 Å². The lowest BCUT2D eigenvalue weighted by Gasteiger charge is -2.14. The first-order chi connectivity index (χ1) is 11.4. The number of nitrogens with one attached hydrogen (secondary N) is 1. The Morgan fingerprint density at radius 2 is 1.92 bits per heavy atom. The molecule has 0 heterocycles. The molecule has 1 N–H and O–H groups in total. The van der Waals surface area contributed by atoms with Gasteiger partial charge in [0.1, 0.15) is 0 Å². The van der Waals surface area contributed by atoms with Crippen LogP contribution in [0, 0.1) is 0 Å². The molecular weight excluding hydrogens is 328 g/mol. The van der Waals surface area contributed by atoms with E-state index < -0.39 is 24.6 Å². The summed E-state index contributed by atoms with van der Waals surface area (Å²) in [5.74, 6) is -1.55. The summed E-state index contributed by atoms with van der Waals surface area (Å²) in [4.78, 5) is 23.7. The van der Waals surface area contributed by atoms with Crippen molar-refractivity contribution in [3.8, 4) is 11.5 Å². The number of ether oxygens (including phenoxy) is 4. The van der Waals surface area contributed by atoms with Crippen LogP contribution in [0.25, 0.3) is 0 Å². The van der Waals surface area contributed by atoms with Crippen LogP contribution in [0.3, 0.4) is 0 Å². The van der Waals surface area contributed by atoms with Crippen LogP contribution in [-0.4, -0.2) is 52.0 Å². The highest BCUT2D eigenvalue weighted by Crippen LogP contribution is 2.29. The standard InChI is InChI=1S/C15H19F2NO6/c1-9(13(19)18-6-7-21-2)23-14(20)10-4-5-11(24-15(16)17)12(8-10)22-3/h4-5,8-9,15H,6-7H2,1-3H3,(H,18,19)/t9-/m1/s1. The Labute approximate surface area is 137 Å². The first-order valence-corrected chi connectivity index (χ1v) is 6.99. The van der Waals surface area contributed by atoms with Gasteiger partial charge >= 0.3 is 12.6 Å². The fourth-order valence-corrected chi connectivity index (χ4v) is 1.69. The molecule has 0 saturated carbocycles. The van der Waals surface area contributed by atoms with Crippen LogP contribution in [0.4, 0.5) is 8.78 Å². The second-order valence-corrected chi connectivity index (χ2v) is 4.58. The van der Waals surface area contributed by atoms with Crippen LogP contribution < -0.4 is 14.8 Å². The van der Waals surface area contributed by atoms with Gasteiger partial charge in [0.25, 0.3) is 5.91 Å². The number of amides is 1. The highest BCUT2D eigenvalue weighted by Gasteiger charge is 2.20. The number of methoxy groups -OCH3 is 2. The van der Waals surface area contributed by atoms with Gasteiger partial charge in [-0.2, -0.15) is 8.78 Å². The molecule has 0 aliphatic rings. The van der Waals surface area contributed by atoms with Crippen LogP contribution >= 0.6 is 0 Å². The molecule has 9 heteroatoms. The van der Waals surface area contributed by atoms with Crippen LogP contribution in [-0.2, 0) is 14.3 Å². The number of carbonyl (C=O) groups excluding carboxylic acids is 2. The minimum Gasteiger partial charge on any atom is -0.493 e. The lowest BCUT2D eigenvalue weighted by atomic mass is 10.2. The SMILES string of the molecule is COCCNC(=O)[C@@H](C)OC(=O)c1ccc(OC(F)F)c(OC)c1. The quantitative estimate of drug-likeness (QED) is 0.540. The van der Waals surface area contributed by atoms with Crippen LogP contribution in [0.5, 0.6) is 11.5 Å². The Morgan fingerprint density at radius 3 is 2.50 bits per heavy atom. The molecule has 0 saturated heterocycles. The fraction of sp³-hybridized carbons (Fsp3) is 0.467. The van der Waals surface area contributed by atoms with Crippen molar-refractivity contribution in [3.05, 3.63) is 23.8 Å². The van der Waals surface area contributed by atoms with Crippen molar-refractivity contribution < 1.29 is 37.3 Å². The van der Waals surface area contributed by atoms with Gasteiger partial charge in [-0.15, -0.1) is 0 Å². The molecule has 1 aromatic rings. The van der Waals surface area contributed by atoms with E-state index in [9.17, 15) is 18.4 Å². The summed E-state index contributed by atoms with van der Waals surface area (Å²) in [6.07, 6.45) is -1.03. The van der Waals surface area contributed by atoms with Crippen molar-refractivity contribution in [2.75, 3.05) is 27.4 Å². The van der Waals surface area contributed by atoms with Crippen LogP contribution in [0.1, 0.15) is 17.3 Å². The lowest BCUT2D eigenvalue weighted by molar-refractivity contribution is -0.129. The predicted octanol–water partition coefficient (Wildman–Crippen LogP) is 1.60. The third kappa shape index (κ3) is 5.99. The molecule has 0 aliphatic heterocycles. The van der Waals surface area contributed by atoms with E-state index in [1.807, 2.05) is 0 Å². The Balaban J connectivity index is 2.72. The minimum atomic E-state index is -3.02. The van der Waals surface area contributed by atoms with Crippen molar-refractivity contribution in [3.63, 3.8) is 0 Å². The first kappa shape index (κ1) is 19.6. The monoisotopic (exact) mass is 347 g/mol. The van der Waals surface area contributed by atoms with E-state index in [0.29, 0.717) is 6.61 Å². The van der Waals surface area contributed by atoms with Crippen molar-refractivity contribution >= 4 is 11.9 Å². The number of esters is 1. The molecule has 7 nitrogen and oxygen atoms in total. The number of alkyl halides is 2. The molecule has 134 valence electrons. The van der Waals surface area contributed by atoms with Crippen molar-refractivity contribution in [1.82, 2.24) is 5.32 Å². The lowest BCUT2D eigenvalue weighted by Crippen LogP contribution is -2.37. The third-order valence-electron chi connectivity index (χ3n) is 2.87. The molecule has 0 bridgehead atoms. The van der Waals surface area contributed by atoms with Gasteiger partial charge in [-0.05, 0) is 25.1 Å². The van der Waals surface area contributed by atoms with Gasteiger partial charge in [-0.3, -0.25) is 4.79 Å². The Hall–Kier alpha value is -2.42. The highest BCUT2D eigenvalue weighted by atomic mass is 19.3. The Morgan fingerprint density at radius 1 is 1.21 bits per heavy atom. The van der Waals surface area contributed by atoms with E-state index in [2.05, 4.69) is 10.1 Å². The van der Waals surface area contributed by atoms with Crippen molar-refractivity contribution in [2.24, 2.45) is 0 Å². The Kier molecular flexibility index (Phi) is 7.90. The first-order valence-electron chi connectivity index (χ1n) is 6.99. The zero-order chi connectivity index (χ0) is 18.1. The molecule has 0 aromatic heterocycles. The summed E-state index contributed by atoms with van der Waals surface area (Å²) in [6.45, 7) is -1.00. The highest BCUT2D eigenvalue weighted by molar-refractivity contribution is 5.92. The number of hydrogen-bond acceptors (Lipinski definition) is 6. The number of rotatable bonds is 9. The van der Waals surface area contributed by atoms with Crippen molar-refractivity contribution in [2.45, 2.75) is 19.6 Å². The number of carbonyl (C=O) groups is 2. The van der Waals surface area contributed by atoms with Gasteiger partial charge in [0, 0.05) is 13.7 Å². The van der Waals surface area contributed by atoms with E-state index in [-0.39, 0.29) is 23.6 Å². The van der Waals surface area contributed by atoms with Crippen LogP contribution in [0.2, 0.25) is 0 Å². The topological polar surface area (TPSA) is 83.1 Å². The van der Waals surface area contributed by atoms with Gasteiger partial charge in [0.2, 0.25) is 0 Å².